The van der Waals surface area contributed by atoms with E-state index < -0.39 is 0 Å². The molecule has 1 aliphatic carbocycles. The van der Waals surface area contributed by atoms with Crippen molar-refractivity contribution in [2.24, 2.45) is 0 Å². The first kappa shape index (κ1) is 12.8. The van der Waals surface area contributed by atoms with E-state index in [1.165, 1.54) is 30.5 Å². The molecule has 0 amide bonds. The Labute approximate surface area is 99.0 Å². The fraction of sp³-hybridized carbons (Fsp3) is 0.643. The summed E-state index contributed by atoms with van der Waals surface area (Å²) in [5, 5.41) is 12.5. The Morgan fingerprint density at radius 3 is 2.88 bits per heavy atom. The molecule has 2 nitrogen and oxygen atoms in total. The van der Waals surface area contributed by atoms with E-state index in [2.05, 4.69) is 31.3 Å². The van der Waals surface area contributed by atoms with E-state index in [1.54, 1.807) is 0 Å². The number of rotatable bonds is 5. The Kier molecular flexibility index (Phi) is 5.71. The Hall–Kier alpha value is -1.23. The van der Waals surface area contributed by atoms with Crippen LogP contribution < -0.4 is 5.32 Å². The lowest BCUT2D eigenvalue weighted by Crippen LogP contribution is -2.17. The van der Waals surface area contributed by atoms with Crippen molar-refractivity contribution >= 4 is 0 Å². The monoisotopic (exact) mass is 218 g/mol. The first-order valence-electron chi connectivity index (χ1n) is 6.38. The van der Waals surface area contributed by atoms with E-state index in [4.69, 9.17) is 5.26 Å². The van der Waals surface area contributed by atoms with Crippen molar-refractivity contribution in [3.63, 3.8) is 0 Å². The van der Waals surface area contributed by atoms with Crippen LogP contribution in [0.5, 0.6) is 0 Å². The van der Waals surface area contributed by atoms with Crippen LogP contribution in [0.2, 0.25) is 0 Å². The number of nitriles is 1. The fourth-order valence-corrected chi connectivity index (χ4v) is 2.01. The van der Waals surface area contributed by atoms with Crippen LogP contribution in [0.1, 0.15) is 52.4 Å². The third kappa shape index (κ3) is 3.73. The fourth-order valence-electron chi connectivity index (χ4n) is 2.01. The molecule has 1 aliphatic rings. The minimum atomic E-state index is 0.852. The smallest absolute Gasteiger partial charge is 0.0949 e. The summed E-state index contributed by atoms with van der Waals surface area (Å²) in [6, 6.07) is 2.32. The normalized spacial score (nSPS) is 18.7. The highest BCUT2D eigenvalue weighted by Crippen LogP contribution is 2.24. The van der Waals surface area contributed by atoms with Crippen molar-refractivity contribution < 1.29 is 0 Å². The van der Waals surface area contributed by atoms with Crippen molar-refractivity contribution in [2.75, 3.05) is 6.54 Å². The molecule has 0 fully saturated rings. The zero-order valence-corrected chi connectivity index (χ0v) is 10.5. The molecule has 0 heterocycles. The van der Waals surface area contributed by atoms with Crippen LogP contribution >= 0.6 is 0 Å². The summed E-state index contributed by atoms with van der Waals surface area (Å²) in [5.41, 5.74) is 3.51. The molecule has 0 aliphatic heterocycles. The zero-order valence-electron chi connectivity index (χ0n) is 10.5. The van der Waals surface area contributed by atoms with Gasteiger partial charge in [0.1, 0.15) is 0 Å². The molecule has 0 spiro atoms. The van der Waals surface area contributed by atoms with Crippen LogP contribution in [0.4, 0.5) is 0 Å². The lowest BCUT2D eigenvalue weighted by molar-refractivity contribution is 0.652. The van der Waals surface area contributed by atoms with Gasteiger partial charge in [0.2, 0.25) is 0 Å². The maximum Gasteiger partial charge on any atom is 0.0949 e. The molecule has 1 N–H and O–H groups in total. The van der Waals surface area contributed by atoms with E-state index in [-0.39, 0.29) is 0 Å². The summed E-state index contributed by atoms with van der Waals surface area (Å²) in [5.74, 6) is 0. The second-order valence-electron chi connectivity index (χ2n) is 4.27. The second-order valence-corrected chi connectivity index (χ2v) is 4.27. The van der Waals surface area contributed by atoms with Crippen molar-refractivity contribution in [1.82, 2.24) is 5.32 Å². The van der Waals surface area contributed by atoms with E-state index in [9.17, 15) is 0 Å². The van der Waals surface area contributed by atoms with Crippen LogP contribution in [-0.4, -0.2) is 6.54 Å². The van der Waals surface area contributed by atoms with Crippen molar-refractivity contribution in [3.05, 3.63) is 22.9 Å². The number of nitrogens with one attached hydrogen (secondary N) is 1. The average molecular weight is 218 g/mol. The predicted octanol–water partition coefficient (Wildman–Crippen LogP) is 3.67. The standard InChI is InChI=1S/C14H22N2/c1-3-5-9-16-14-8-6-7-13(10-14)12(4-2)11-15/h10,16H,3-9H2,1-2H3/b13-12+. The quantitative estimate of drug-likeness (QED) is 0.564. The summed E-state index contributed by atoms with van der Waals surface area (Å²) >= 11 is 0. The lowest BCUT2D eigenvalue weighted by atomic mass is 9.94. The third-order valence-corrected chi connectivity index (χ3v) is 3.00. The molecule has 0 aromatic rings. The molecule has 88 valence electrons. The molecular weight excluding hydrogens is 196 g/mol. The highest BCUT2D eigenvalue weighted by Gasteiger charge is 2.10. The zero-order chi connectivity index (χ0) is 11.8. The molecule has 0 unspecified atom stereocenters. The first-order chi connectivity index (χ1) is 7.81. The van der Waals surface area contributed by atoms with Crippen LogP contribution in [0.3, 0.4) is 0 Å². The van der Waals surface area contributed by atoms with Gasteiger partial charge in [-0.2, -0.15) is 5.26 Å². The van der Waals surface area contributed by atoms with Gasteiger partial charge < -0.3 is 5.32 Å². The van der Waals surface area contributed by atoms with E-state index in [1.807, 2.05) is 0 Å². The maximum absolute atomic E-state index is 9.02. The number of hydrogen-bond donors (Lipinski definition) is 1. The Bertz CT molecular complexity index is 318. The van der Waals surface area contributed by atoms with Gasteiger partial charge in [-0.1, -0.05) is 20.3 Å². The molecule has 1 rings (SSSR count). The molecule has 0 saturated carbocycles. The van der Waals surface area contributed by atoms with Gasteiger partial charge in [0.05, 0.1) is 6.07 Å². The SMILES string of the molecule is CCCCNC1=C/C(=C(/C#N)CC)CCC1. The molecular formula is C14H22N2. The second kappa shape index (κ2) is 7.11. The lowest BCUT2D eigenvalue weighted by Gasteiger charge is -2.18. The van der Waals surface area contributed by atoms with Crippen LogP contribution in [0.15, 0.2) is 22.9 Å². The van der Waals surface area contributed by atoms with Gasteiger partial charge in [0.25, 0.3) is 0 Å². The topological polar surface area (TPSA) is 35.8 Å². The summed E-state index contributed by atoms with van der Waals surface area (Å²) in [6.07, 6.45) is 8.86. The van der Waals surface area contributed by atoms with Crippen molar-refractivity contribution in [3.8, 4) is 6.07 Å². The molecule has 0 radical (unpaired) electrons. The van der Waals surface area contributed by atoms with Crippen molar-refractivity contribution in [2.45, 2.75) is 52.4 Å². The summed E-state index contributed by atoms with van der Waals surface area (Å²) in [7, 11) is 0. The molecule has 0 aromatic carbocycles. The maximum atomic E-state index is 9.02. The number of unbranched alkanes of at least 4 members (excludes halogenated alkanes) is 1. The molecule has 0 saturated heterocycles. The molecule has 16 heavy (non-hydrogen) atoms. The van der Waals surface area contributed by atoms with Gasteiger partial charge in [-0.25, -0.2) is 0 Å². The third-order valence-electron chi connectivity index (χ3n) is 3.00. The number of hydrogen-bond acceptors (Lipinski definition) is 2. The molecule has 2 heteroatoms. The average Bonchev–Trinajstić information content (AvgIpc) is 2.32. The summed E-state index contributed by atoms with van der Waals surface area (Å²) in [4.78, 5) is 0. The van der Waals surface area contributed by atoms with Crippen LogP contribution in [-0.2, 0) is 0 Å². The van der Waals surface area contributed by atoms with Gasteiger partial charge in [-0.05, 0) is 43.8 Å². The summed E-state index contributed by atoms with van der Waals surface area (Å²) in [6.45, 7) is 5.31. The number of allylic oxidation sites excluding steroid dienone is 4. The predicted molar refractivity (Wildman–Crippen MR) is 67.8 cm³/mol. The largest absolute Gasteiger partial charge is 0.388 e. The van der Waals surface area contributed by atoms with E-state index in [0.717, 1.165) is 31.4 Å². The van der Waals surface area contributed by atoms with Gasteiger partial charge in [-0.15, -0.1) is 0 Å². The summed E-state index contributed by atoms with van der Waals surface area (Å²) < 4.78 is 0. The highest BCUT2D eigenvalue weighted by molar-refractivity contribution is 5.37. The van der Waals surface area contributed by atoms with Gasteiger partial charge in [-0.3, -0.25) is 0 Å². The Morgan fingerprint density at radius 1 is 1.44 bits per heavy atom. The minimum absolute atomic E-state index is 0.852. The van der Waals surface area contributed by atoms with Gasteiger partial charge in [0, 0.05) is 17.8 Å². The van der Waals surface area contributed by atoms with E-state index >= 15 is 0 Å². The highest BCUT2D eigenvalue weighted by atomic mass is 14.9. The van der Waals surface area contributed by atoms with Crippen LogP contribution in [0.25, 0.3) is 0 Å². The van der Waals surface area contributed by atoms with Gasteiger partial charge >= 0.3 is 0 Å². The Balaban J connectivity index is 2.66. The van der Waals surface area contributed by atoms with Crippen LogP contribution in [0, 0.1) is 11.3 Å². The van der Waals surface area contributed by atoms with Crippen molar-refractivity contribution in [1.29, 1.82) is 5.26 Å². The van der Waals surface area contributed by atoms with Gasteiger partial charge in [0.15, 0.2) is 0 Å². The molecule has 0 bridgehead atoms. The minimum Gasteiger partial charge on any atom is -0.388 e. The Morgan fingerprint density at radius 2 is 2.25 bits per heavy atom. The number of nitrogens with zero attached hydrogens (tertiary/aromatic N) is 1. The molecule has 0 atom stereocenters. The van der Waals surface area contributed by atoms with E-state index in [0.29, 0.717) is 0 Å². The first-order valence-corrected chi connectivity index (χ1v) is 6.38. The molecule has 0 aromatic heterocycles.